The highest BCUT2D eigenvalue weighted by Gasteiger charge is 2.20. The Kier molecular flexibility index (Phi) is 6.04. The van der Waals surface area contributed by atoms with Gasteiger partial charge in [-0.3, -0.25) is 4.79 Å². The van der Waals surface area contributed by atoms with Gasteiger partial charge in [0.15, 0.2) is 11.5 Å². The number of benzene rings is 1. The first-order valence-electron chi connectivity index (χ1n) is 9.53. The predicted molar refractivity (Wildman–Crippen MR) is 102 cm³/mol. The zero-order chi connectivity index (χ0) is 19.4. The molecule has 1 atom stereocenters. The average molecular weight is 372 g/mol. The molecule has 0 radical (unpaired) electrons. The first kappa shape index (κ1) is 19.3. The molecule has 6 nitrogen and oxygen atoms in total. The van der Waals surface area contributed by atoms with Crippen molar-refractivity contribution in [2.24, 2.45) is 0 Å². The summed E-state index contributed by atoms with van der Waals surface area (Å²) in [6.45, 7) is 5.62. The van der Waals surface area contributed by atoms with Gasteiger partial charge in [0, 0.05) is 5.56 Å². The third kappa shape index (κ3) is 4.62. The van der Waals surface area contributed by atoms with Crippen LogP contribution in [-0.4, -0.2) is 24.3 Å². The second-order valence-corrected chi connectivity index (χ2v) is 7.20. The molecule has 1 saturated carbocycles. The Morgan fingerprint density at radius 3 is 2.67 bits per heavy atom. The Hall–Kier alpha value is -2.50. The summed E-state index contributed by atoms with van der Waals surface area (Å²) < 4.78 is 16.7. The number of hydrogen-bond acceptors (Lipinski definition) is 5. The predicted octanol–water partition coefficient (Wildman–Crippen LogP) is 4.04. The third-order valence-electron chi connectivity index (χ3n) is 5.18. The minimum absolute atomic E-state index is 0.0675. The van der Waals surface area contributed by atoms with Crippen LogP contribution in [0.25, 0.3) is 0 Å². The SMILES string of the molecule is COc1cc([C@H](C)NC(=O)Cc2c(C)noc2C)ccc1OC1CCCC1. The van der Waals surface area contributed by atoms with E-state index in [-0.39, 0.29) is 24.5 Å². The highest BCUT2D eigenvalue weighted by molar-refractivity contribution is 5.79. The van der Waals surface area contributed by atoms with Gasteiger partial charge >= 0.3 is 0 Å². The minimum atomic E-state index is -0.146. The molecule has 6 heteroatoms. The van der Waals surface area contributed by atoms with E-state index in [9.17, 15) is 4.79 Å². The van der Waals surface area contributed by atoms with Crippen molar-refractivity contribution in [3.05, 3.63) is 40.8 Å². The third-order valence-corrected chi connectivity index (χ3v) is 5.18. The topological polar surface area (TPSA) is 73.6 Å². The smallest absolute Gasteiger partial charge is 0.225 e. The number of carbonyl (C=O) groups excluding carboxylic acids is 1. The van der Waals surface area contributed by atoms with Gasteiger partial charge in [0.2, 0.25) is 5.91 Å². The monoisotopic (exact) mass is 372 g/mol. The molecule has 0 unspecified atom stereocenters. The van der Waals surface area contributed by atoms with E-state index >= 15 is 0 Å². The lowest BCUT2D eigenvalue weighted by atomic mass is 10.1. The van der Waals surface area contributed by atoms with E-state index in [1.54, 1.807) is 7.11 Å². The van der Waals surface area contributed by atoms with Crippen molar-refractivity contribution in [3.63, 3.8) is 0 Å². The molecule has 146 valence electrons. The van der Waals surface area contributed by atoms with E-state index in [1.165, 1.54) is 12.8 Å². The van der Waals surface area contributed by atoms with Crippen LogP contribution >= 0.6 is 0 Å². The lowest BCUT2D eigenvalue weighted by molar-refractivity contribution is -0.121. The Morgan fingerprint density at radius 1 is 1.30 bits per heavy atom. The summed E-state index contributed by atoms with van der Waals surface area (Å²) in [5.41, 5.74) is 2.57. The molecule has 1 heterocycles. The summed E-state index contributed by atoms with van der Waals surface area (Å²) in [4.78, 5) is 12.4. The fourth-order valence-corrected chi connectivity index (χ4v) is 3.53. The molecular formula is C21H28N2O4. The van der Waals surface area contributed by atoms with Crippen molar-refractivity contribution >= 4 is 5.91 Å². The molecule has 1 amide bonds. The molecule has 1 fully saturated rings. The maximum Gasteiger partial charge on any atom is 0.225 e. The van der Waals surface area contributed by atoms with Crippen molar-refractivity contribution < 1.29 is 18.8 Å². The van der Waals surface area contributed by atoms with Crippen LogP contribution < -0.4 is 14.8 Å². The molecule has 0 aliphatic heterocycles. The molecule has 0 spiro atoms. The molecule has 2 aromatic rings. The van der Waals surface area contributed by atoms with Gasteiger partial charge in [0.1, 0.15) is 5.76 Å². The molecule has 1 aromatic carbocycles. The molecule has 3 rings (SSSR count). The van der Waals surface area contributed by atoms with Crippen LogP contribution in [0.15, 0.2) is 22.7 Å². The number of methoxy groups -OCH3 is 1. The van der Waals surface area contributed by atoms with Crippen LogP contribution in [-0.2, 0) is 11.2 Å². The van der Waals surface area contributed by atoms with Crippen molar-refractivity contribution in [3.8, 4) is 11.5 Å². The maximum atomic E-state index is 12.4. The van der Waals surface area contributed by atoms with Gasteiger partial charge in [0.25, 0.3) is 0 Å². The van der Waals surface area contributed by atoms with Gasteiger partial charge in [0.05, 0.1) is 31.4 Å². The Balaban J connectivity index is 1.65. The Bertz CT molecular complexity index is 774. The molecule has 27 heavy (non-hydrogen) atoms. The van der Waals surface area contributed by atoms with Gasteiger partial charge in [-0.25, -0.2) is 0 Å². The summed E-state index contributed by atoms with van der Waals surface area (Å²) in [7, 11) is 1.64. The van der Waals surface area contributed by atoms with Gasteiger partial charge in [-0.1, -0.05) is 11.2 Å². The van der Waals surface area contributed by atoms with Gasteiger partial charge in [-0.05, 0) is 64.2 Å². The van der Waals surface area contributed by atoms with E-state index in [1.807, 2.05) is 39.0 Å². The van der Waals surface area contributed by atoms with Crippen LogP contribution in [0.5, 0.6) is 11.5 Å². The van der Waals surface area contributed by atoms with Gasteiger partial charge < -0.3 is 19.3 Å². The lowest BCUT2D eigenvalue weighted by Crippen LogP contribution is -2.28. The number of nitrogens with zero attached hydrogens (tertiary/aromatic N) is 1. The number of amides is 1. The van der Waals surface area contributed by atoms with Gasteiger partial charge in [-0.15, -0.1) is 0 Å². The average Bonchev–Trinajstić information content (AvgIpc) is 3.27. The first-order valence-corrected chi connectivity index (χ1v) is 9.53. The van der Waals surface area contributed by atoms with Crippen molar-refractivity contribution in [1.82, 2.24) is 10.5 Å². The summed E-state index contributed by atoms with van der Waals surface area (Å²) >= 11 is 0. The summed E-state index contributed by atoms with van der Waals surface area (Å²) in [6, 6.07) is 5.70. The normalized spacial score (nSPS) is 15.6. The number of nitrogens with one attached hydrogen (secondary N) is 1. The van der Waals surface area contributed by atoms with E-state index in [0.717, 1.165) is 35.4 Å². The number of aryl methyl sites for hydroxylation is 2. The van der Waals surface area contributed by atoms with Crippen LogP contribution in [0.2, 0.25) is 0 Å². The van der Waals surface area contributed by atoms with Gasteiger partial charge in [-0.2, -0.15) is 0 Å². The highest BCUT2D eigenvalue weighted by Crippen LogP contribution is 2.33. The van der Waals surface area contributed by atoms with Crippen LogP contribution in [0.3, 0.4) is 0 Å². The summed E-state index contributed by atoms with van der Waals surface area (Å²) in [5.74, 6) is 2.08. The van der Waals surface area contributed by atoms with E-state index < -0.39 is 0 Å². The van der Waals surface area contributed by atoms with Crippen molar-refractivity contribution in [2.75, 3.05) is 7.11 Å². The Morgan fingerprint density at radius 2 is 2.04 bits per heavy atom. The highest BCUT2D eigenvalue weighted by atomic mass is 16.5. The lowest BCUT2D eigenvalue weighted by Gasteiger charge is -2.19. The van der Waals surface area contributed by atoms with Crippen molar-refractivity contribution in [2.45, 2.75) is 65.0 Å². The molecule has 1 N–H and O–H groups in total. The Labute approximate surface area is 160 Å². The molecule has 0 saturated heterocycles. The second kappa shape index (κ2) is 8.46. The van der Waals surface area contributed by atoms with Crippen LogP contribution in [0.1, 0.15) is 61.2 Å². The van der Waals surface area contributed by atoms with E-state index in [4.69, 9.17) is 14.0 Å². The maximum absolute atomic E-state index is 12.4. The second-order valence-electron chi connectivity index (χ2n) is 7.20. The zero-order valence-electron chi connectivity index (χ0n) is 16.5. The molecule has 1 aromatic heterocycles. The fourth-order valence-electron chi connectivity index (χ4n) is 3.53. The quantitative estimate of drug-likeness (QED) is 0.794. The van der Waals surface area contributed by atoms with E-state index in [0.29, 0.717) is 11.5 Å². The summed E-state index contributed by atoms with van der Waals surface area (Å²) in [6.07, 6.45) is 5.17. The number of carbonyl (C=O) groups is 1. The molecule has 1 aliphatic carbocycles. The minimum Gasteiger partial charge on any atom is -0.493 e. The summed E-state index contributed by atoms with van der Waals surface area (Å²) in [5, 5.41) is 6.92. The number of rotatable bonds is 7. The largest absolute Gasteiger partial charge is 0.493 e. The molecular weight excluding hydrogens is 344 g/mol. The molecule has 1 aliphatic rings. The number of hydrogen-bond donors (Lipinski definition) is 1. The molecule has 0 bridgehead atoms. The van der Waals surface area contributed by atoms with Crippen LogP contribution in [0, 0.1) is 13.8 Å². The number of ether oxygens (including phenoxy) is 2. The standard InChI is InChI=1S/C21H28N2O4/c1-13(22-21(24)12-18-14(2)23-27-15(18)3)16-9-10-19(20(11-16)25-4)26-17-7-5-6-8-17/h9-11,13,17H,5-8,12H2,1-4H3,(H,22,24)/t13-/m0/s1. The van der Waals surface area contributed by atoms with E-state index in [2.05, 4.69) is 10.5 Å². The first-order chi connectivity index (χ1) is 13.0. The zero-order valence-corrected chi connectivity index (χ0v) is 16.5. The number of aromatic nitrogens is 1. The van der Waals surface area contributed by atoms with Crippen molar-refractivity contribution in [1.29, 1.82) is 0 Å². The van der Waals surface area contributed by atoms with Crippen LogP contribution in [0.4, 0.5) is 0 Å². The fraction of sp³-hybridized carbons (Fsp3) is 0.524.